The Morgan fingerprint density at radius 2 is 1.95 bits per heavy atom. The van der Waals surface area contributed by atoms with Crippen molar-refractivity contribution in [1.29, 1.82) is 0 Å². The summed E-state index contributed by atoms with van der Waals surface area (Å²) in [7, 11) is 1.66. The molecule has 0 amide bonds. The number of benzene rings is 1. The molecule has 1 heterocycles. The van der Waals surface area contributed by atoms with Gasteiger partial charge in [-0.25, -0.2) is 0 Å². The Hall–Kier alpha value is -1.74. The van der Waals surface area contributed by atoms with Crippen LogP contribution in [0.4, 0.5) is 0 Å². The number of carbonyl (C=O) groups excluding carboxylic acids is 1. The van der Waals surface area contributed by atoms with Crippen molar-refractivity contribution in [3.05, 3.63) is 42.1 Å². The number of ketones is 1. The minimum Gasteiger partial charge on any atom is -0.370 e. The molecule has 0 N–H and O–H groups in total. The molecule has 1 aromatic heterocycles. The van der Waals surface area contributed by atoms with E-state index in [2.05, 4.69) is 4.98 Å². The number of pyridine rings is 1. The Labute approximate surface area is 119 Å². The van der Waals surface area contributed by atoms with Crippen LogP contribution in [0, 0.1) is 0 Å². The van der Waals surface area contributed by atoms with Crippen molar-refractivity contribution in [2.45, 2.75) is 37.7 Å². The van der Waals surface area contributed by atoms with Crippen molar-refractivity contribution in [2.24, 2.45) is 0 Å². The highest BCUT2D eigenvalue weighted by atomic mass is 16.5. The van der Waals surface area contributed by atoms with Crippen LogP contribution >= 0.6 is 0 Å². The predicted molar refractivity (Wildman–Crippen MR) is 78.9 cm³/mol. The molecule has 20 heavy (non-hydrogen) atoms. The van der Waals surface area contributed by atoms with Gasteiger partial charge >= 0.3 is 0 Å². The van der Waals surface area contributed by atoms with Crippen molar-refractivity contribution in [3.8, 4) is 0 Å². The van der Waals surface area contributed by atoms with Gasteiger partial charge < -0.3 is 4.74 Å². The Bertz CT molecular complexity index is 624. The average molecular weight is 269 g/mol. The normalized spacial score (nSPS) is 18.1. The van der Waals surface area contributed by atoms with E-state index in [1.807, 2.05) is 30.3 Å². The maximum Gasteiger partial charge on any atom is 0.195 e. The zero-order valence-electron chi connectivity index (χ0n) is 11.8. The van der Waals surface area contributed by atoms with Crippen LogP contribution in [0.5, 0.6) is 0 Å². The lowest BCUT2D eigenvalue weighted by Crippen LogP contribution is -2.42. The van der Waals surface area contributed by atoms with Crippen LogP contribution in [0.1, 0.15) is 42.5 Å². The molecule has 3 rings (SSSR count). The van der Waals surface area contributed by atoms with Crippen LogP contribution in [0.25, 0.3) is 10.9 Å². The highest BCUT2D eigenvalue weighted by Gasteiger charge is 2.40. The number of fused-ring (bicyclic) bond motifs is 1. The van der Waals surface area contributed by atoms with Crippen molar-refractivity contribution in [2.75, 3.05) is 7.11 Å². The van der Waals surface area contributed by atoms with Gasteiger partial charge in [0, 0.05) is 24.3 Å². The molecule has 1 aliphatic carbocycles. The third kappa shape index (κ3) is 2.12. The number of aromatic nitrogens is 1. The zero-order chi connectivity index (χ0) is 14.0. The predicted octanol–water partition coefficient (Wildman–Crippen LogP) is 3.77. The molecule has 1 saturated carbocycles. The van der Waals surface area contributed by atoms with Gasteiger partial charge in [0.2, 0.25) is 0 Å². The van der Waals surface area contributed by atoms with Crippen LogP contribution in [0.2, 0.25) is 0 Å². The summed E-state index contributed by atoms with van der Waals surface area (Å²) in [4.78, 5) is 17.3. The van der Waals surface area contributed by atoms with Crippen LogP contribution in [-0.4, -0.2) is 23.5 Å². The number of nitrogens with zero attached hydrogens (tertiary/aromatic N) is 1. The summed E-state index contributed by atoms with van der Waals surface area (Å²) in [5.74, 6) is 0.110. The molecule has 0 aliphatic heterocycles. The summed E-state index contributed by atoms with van der Waals surface area (Å²) in [5.41, 5.74) is 0.960. The lowest BCUT2D eigenvalue weighted by Gasteiger charge is -2.34. The number of Topliss-reactive ketones (excluding diaryl/α,β-unsaturated/α-hetero) is 1. The van der Waals surface area contributed by atoms with E-state index < -0.39 is 5.60 Å². The second-order valence-corrected chi connectivity index (χ2v) is 5.46. The van der Waals surface area contributed by atoms with E-state index in [0.29, 0.717) is 0 Å². The molecule has 104 valence electrons. The largest absolute Gasteiger partial charge is 0.370 e. The molecule has 0 bridgehead atoms. The van der Waals surface area contributed by atoms with Gasteiger partial charge in [-0.1, -0.05) is 37.5 Å². The second kappa shape index (κ2) is 5.33. The fraction of sp³-hybridized carbons (Fsp3) is 0.412. The van der Waals surface area contributed by atoms with Crippen LogP contribution < -0.4 is 0 Å². The molecule has 1 aromatic carbocycles. The van der Waals surface area contributed by atoms with Gasteiger partial charge in [-0.3, -0.25) is 9.78 Å². The Morgan fingerprint density at radius 1 is 1.15 bits per heavy atom. The molecule has 2 aromatic rings. The van der Waals surface area contributed by atoms with E-state index in [0.717, 1.165) is 42.1 Å². The number of hydrogen-bond acceptors (Lipinski definition) is 3. The molecule has 3 heteroatoms. The van der Waals surface area contributed by atoms with E-state index in [1.54, 1.807) is 13.3 Å². The Kier molecular flexibility index (Phi) is 3.53. The summed E-state index contributed by atoms with van der Waals surface area (Å²) in [5, 5.41) is 0.919. The van der Waals surface area contributed by atoms with Gasteiger partial charge in [0.05, 0.1) is 5.52 Å². The first-order chi connectivity index (χ1) is 9.77. The summed E-state index contributed by atoms with van der Waals surface area (Å²) in [6.45, 7) is 0. The third-order valence-electron chi connectivity index (χ3n) is 4.36. The highest BCUT2D eigenvalue weighted by Crippen LogP contribution is 2.35. The van der Waals surface area contributed by atoms with E-state index in [1.165, 1.54) is 6.42 Å². The lowest BCUT2D eigenvalue weighted by atomic mass is 9.78. The Morgan fingerprint density at radius 3 is 2.70 bits per heavy atom. The van der Waals surface area contributed by atoms with E-state index >= 15 is 0 Å². The first-order valence-corrected chi connectivity index (χ1v) is 7.20. The number of carbonyl (C=O) groups is 1. The lowest BCUT2D eigenvalue weighted by molar-refractivity contribution is -0.0192. The van der Waals surface area contributed by atoms with Gasteiger partial charge in [-0.2, -0.15) is 0 Å². The average Bonchev–Trinajstić information content (AvgIpc) is 2.54. The molecular formula is C17H19NO2. The van der Waals surface area contributed by atoms with Gasteiger partial charge in [0.1, 0.15) is 5.60 Å². The molecule has 0 radical (unpaired) electrons. The van der Waals surface area contributed by atoms with Gasteiger partial charge in [-0.15, -0.1) is 0 Å². The highest BCUT2D eigenvalue weighted by molar-refractivity contribution is 6.11. The standard InChI is InChI=1S/C17H19NO2/c1-20-17(10-3-2-4-11-17)16(19)14-7-5-9-15-13(14)8-6-12-18-15/h5-9,12H,2-4,10-11H2,1H3. The molecule has 0 atom stereocenters. The maximum absolute atomic E-state index is 13.0. The van der Waals surface area contributed by atoms with E-state index in [4.69, 9.17) is 4.74 Å². The van der Waals surface area contributed by atoms with Crippen LogP contribution in [0.15, 0.2) is 36.5 Å². The molecule has 1 fully saturated rings. The molecular weight excluding hydrogens is 250 g/mol. The zero-order valence-corrected chi connectivity index (χ0v) is 11.8. The quantitative estimate of drug-likeness (QED) is 0.796. The smallest absolute Gasteiger partial charge is 0.195 e. The van der Waals surface area contributed by atoms with Crippen molar-refractivity contribution >= 4 is 16.7 Å². The molecule has 0 unspecified atom stereocenters. The van der Waals surface area contributed by atoms with Gasteiger partial charge in [0.15, 0.2) is 5.78 Å². The SMILES string of the molecule is COC1(C(=O)c2cccc3ncccc23)CCCCC1. The fourth-order valence-electron chi connectivity index (χ4n) is 3.19. The number of hydrogen-bond donors (Lipinski definition) is 0. The summed E-state index contributed by atoms with van der Waals surface area (Å²) in [6.07, 6.45) is 6.70. The first kappa shape index (κ1) is 13.3. The molecule has 0 saturated heterocycles. The van der Waals surface area contributed by atoms with E-state index in [-0.39, 0.29) is 5.78 Å². The van der Waals surface area contributed by atoms with Crippen LogP contribution in [0.3, 0.4) is 0 Å². The maximum atomic E-state index is 13.0. The topological polar surface area (TPSA) is 39.2 Å². The second-order valence-electron chi connectivity index (χ2n) is 5.46. The van der Waals surface area contributed by atoms with Crippen molar-refractivity contribution in [1.82, 2.24) is 4.98 Å². The minimum absolute atomic E-state index is 0.110. The third-order valence-corrected chi connectivity index (χ3v) is 4.36. The molecule has 1 aliphatic rings. The van der Waals surface area contributed by atoms with Crippen LogP contribution in [-0.2, 0) is 4.74 Å². The van der Waals surface area contributed by atoms with Crippen molar-refractivity contribution < 1.29 is 9.53 Å². The summed E-state index contributed by atoms with van der Waals surface area (Å²) in [6, 6.07) is 9.56. The fourth-order valence-corrected chi connectivity index (χ4v) is 3.19. The van der Waals surface area contributed by atoms with E-state index in [9.17, 15) is 4.79 Å². The monoisotopic (exact) mass is 269 g/mol. The minimum atomic E-state index is -0.637. The number of ether oxygens (including phenoxy) is 1. The summed E-state index contributed by atoms with van der Waals surface area (Å²) >= 11 is 0. The Balaban J connectivity index is 2.08. The summed E-state index contributed by atoms with van der Waals surface area (Å²) < 4.78 is 5.67. The van der Waals surface area contributed by atoms with Gasteiger partial charge in [-0.05, 0) is 25.0 Å². The molecule has 3 nitrogen and oxygen atoms in total. The number of methoxy groups -OCH3 is 1. The van der Waals surface area contributed by atoms with Crippen molar-refractivity contribution in [3.63, 3.8) is 0 Å². The first-order valence-electron chi connectivity index (χ1n) is 7.20. The number of rotatable bonds is 3. The molecule has 0 spiro atoms. The van der Waals surface area contributed by atoms with Gasteiger partial charge in [0.25, 0.3) is 0 Å².